The molecular formula is C11H19N3O. The van der Waals surface area contributed by atoms with Gasteiger partial charge in [-0.1, -0.05) is 0 Å². The quantitative estimate of drug-likeness (QED) is 0.784. The van der Waals surface area contributed by atoms with E-state index in [-0.39, 0.29) is 6.10 Å². The van der Waals surface area contributed by atoms with Crippen molar-refractivity contribution in [3.8, 4) is 0 Å². The van der Waals surface area contributed by atoms with Crippen LogP contribution in [0.4, 0.5) is 0 Å². The van der Waals surface area contributed by atoms with E-state index in [1.807, 2.05) is 17.9 Å². The van der Waals surface area contributed by atoms with Gasteiger partial charge in [0, 0.05) is 45.0 Å². The molecule has 0 bridgehead atoms. The van der Waals surface area contributed by atoms with Crippen molar-refractivity contribution in [1.29, 1.82) is 0 Å². The smallest absolute Gasteiger partial charge is 0.0564 e. The average molecular weight is 209 g/mol. The molecule has 2 rings (SSSR count). The van der Waals surface area contributed by atoms with E-state index in [2.05, 4.69) is 16.1 Å². The lowest BCUT2D eigenvalue weighted by Gasteiger charge is -2.29. The second kappa shape index (κ2) is 4.77. The summed E-state index contributed by atoms with van der Waals surface area (Å²) in [6, 6.07) is 2.07. The van der Waals surface area contributed by atoms with E-state index in [1.54, 1.807) is 0 Å². The first-order chi connectivity index (χ1) is 7.25. The fourth-order valence-electron chi connectivity index (χ4n) is 2.06. The SMILES string of the molecule is Cn1nccc1CCN1CCC(O)CC1. The van der Waals surface area contributed by atoms with E-state index in [4.69, 9.17) is 0 Å². The predicted octanol–water partition coefficient (Wildman–Crippen LogP) is 0.419. The maximum Gasteiger partial charge on any atom is 0.0564 e. The third-order valence-electron chi connectivity index (χ3n) is 3.16. The van der Waals surface area contributed by atoms with E-state index >= 15 is 0 Å². The maximum atomic E-state index is 9.38. The second-order valence-corrected chi connectivity index (χ2v) is 4.27. The third kappa shape index (κ3) is 2.79. The van der Waals surface area contributed by atoms with E-state index < -0.39 is 0 Å². The molecule has 1 aliphatic heterocycles. The molecule has 0 spiro atoms. The van der Waals surface area contributed by atoms with Gasteiger partial charge in [0.15, 0.2) is 0 Å². The number of piperidine rings is 1. The molecule has 1 aliphatic rings. The van der Waals surface area contributed by atoms with Crippen molar-refractivity contribution >= 4 is 0 Å². The molecule has 1 N–H and O–H groups in total. The minimum atomic E-state index is -0.0713. The van der Waals surface area contributed by atoms with Crippen LogP contribution < -0.4 is 0 Å². The Morgan fingerprint density at radius 3 is 2.80 bits per heavy atom. The van der Waals surface area contributed by atoms with Crippen LogP contribution in [0, 0.1) is 0 Å². The first kappa shape index (κ1) is 10.6. The van der Waals surface area contributed by atoms with Crippen molar-refractivity contribution in [3.63, 3.8) is 0 Å². The Bertz CT molecular complexity index is 303. The van der Waals surface area contributed by atoms with Gasteiger partial charge < -0.3 is 10.0 Å². The van der Waals surface area contributed by atoms with Crippen LogP contribution in [0.2, 0.25) is 0 Å². The summed E-state index contributed by atoms with van der Waals surface area (Å²) in [6.07, 6.45) is 4.66. The van der Waals surface area contributed by atoms with E-state index in [0.29, 0.717) is 0 Å². The molecule has 4 nitrogen and oxygen atoms in total. The number of aliphatic hydroxyl groups is 1. The molecule has 4 heteroatoms. The summed E-state index contributed by atoms with van der Waals surface area (Å²) in [5.41, 5.74) is 1.28. The molecule has 1 aromatic heterocycles. The number of aromatic nitrogens is 2. The predicted molar refractivity (Wildman–Crippen MR) is 58.6 cm³/mol. The molecule has 0 aliphatic carbocycles. The first-order valence-corrected chi connectivity index (χ1v) is 5.63. The first-order valence-electron chi connectivity index (χ1n) is 5.63. The van der Waals surface area contributed by atoms with Gasteiger partial charge in [-0.15, -0.1) is 0 Å². The lowest BCUT2D eigenvalue weighted by Crippen LogP contribution is -2.37. The van der Waals surface area contributed by atoms with Crippen molar-refractivity contribution in [2.45, 2.75) is 25.4 Å². The Hall–Kier alpha value is -0.870. The van der Waals surface area contributed by atoms with Crippen molar-refractivity contribution in [3.05, 3.63) is 18.0 Å². The largest absolute Gasteiger partial charge is 0.393 e. The van der Waals surface area contributed by atoms with Crippen LogP contribution in [0.1, 0.15) is 18.5 Å². The van der Waals surface area contributed by atoms with Crippen LogP contribution in [0.3, 0.4) is 0 Å². The molecule has 1 aromatic rings. The van der Waals surface area contributed by atoms with Gasteiger partial charge >= 0.3 is 0 Å². The summed E-state index contributed by atoms with van der Waals surface area (Å²) in [6.45, 7) is 3.13. The molecule has 0 radical (unpaired) electrons. The van der Waals surface area contributed by atoms with Crippen LogP contribution in [-0.2, 0) is 13.5 Å². The Morgan fingerprint density at radius 2 is 2.20 bits per heavy atom. The van der Waals surface area contributed by atoms with Gasteiger partial charge in [-0.3, -0.25) is 4.68 Å². The molecule has 1 saturated heterocycles. The van der Waals surface area contributed by atoms with E-state index in [9.17, 15) is 5.11 Å². The molecular weight excluding hydrogens is 190 g/mol. The number of nitrogens with zero attached hydrogens (tertiary/aromatic N) is 3. The molecule has 0 unspecified atom stereocenters. The highest BCUT2D eigenvalue weighted by Gasteiger charge is 2.16. The number of aliphatic hydroxyl groups excluding tert-OH is 1. The standard InChI is InChI=1S/C11H19N3O/c1-13-10(2-6-12-13)3-7-14-8-4-11(15)5-9-14/h2,6,11,15H,3-5,7-9H2,1H3. The average Bonchev–Trinajstić information content (AvgIpc) is 2.63. The fourth-order valence-corrected chi connectivity index (χ4v) is 2.06. The van der Waals surface area contributed by atoms with Gasteiger partial charge in [0.2, 0.25) is 0 Å². The van der Waals surface area contributed by atoms with Gasteiger partial charge in [-0.05, 0) is 18.9 Å². The molecule has 15 heavy (non-hydrogen) atoms. The van der Waals surface area contributed by atoms with Crippen LogP contribution in [0.5, 0.6) is 0 Å². The lowest BCUT2D eigenvalue weighted by atomic mass is 10.1. The highest BCUT2D eigenvalue weighted by atomic mass is 16.3. The zero-order chi connectivity index (χ0) is 10.7. The summed E-state index contributed by atoms with van der Waals surface area (Å²) in [4.78, 5) is 2.42. The maximum absolute atomic E-state index is 9.38. The number of rotatable bonds is 3. The third-order valence-corrected chi connectivity index (χ3v) is 3.16. The molecule has 0 amide bonds. The topological polar surface area (TPSA) is 41.3 Å². The van der Waals surface area contributed by atoms with Crippen LogP contribution in [0.25, 0.3) is 0 Å². The number of hydrogen-bond acceptors (Lipinski definition) is 3. The Morgan fingerprint density at radius 1 is 1.47 bits per heavy atom. The van der Waals surface area contributed by atoms with Crippen LogP contribution in [0.15, 0.2) is 12.3 Å². The lowest BCUT2D eigenvalue weighted by molar-refractivity contribution is 0.0830. The molecule has 84 valence electrons. The molecule has 0 saturated carbocycles. The van der Waals surface area contributed by atoms with Gasteiger partial charge in [0.05, 0.1) is 6.10 Å². The fraction of sp³-hybridized carbons (Fsp3) is 0.727. The van der Waals surface area contributed by atoms with Gasteiger partial charge in [0.25, 0.3) is 0 Å². The van der Waals surface area contributed by atoms with Crippen molar-refractivity contribution in [2.75, 3.05) is 19.6 Å². The van der Waals surface area contributed by atoms with Crippen molar-refractivity contribution in [1.82, 2.24) is 14.7 Å². The summed E-state index contributed by atoms with van der Waals surface area (Å²) in [7, 11) is 1.98. The minimum Gasteiger partial charge on any atom is -0.393 e. The Labute approximate surface area is 90.5 Å². The summed E-state index contributed by atoms with van der Waals surface area (Å²) in [5, 5.41) is 13.5. The van der Waals surface area contributed by atoms with Gasteiger partial charge in [-0.25, -0.2) is 0 Å². The Kier molecular flexibility index (Phi) is 3.38. The molecule has 0 aromatic carbocycles. The summed E-state index contributed by atoms with van der Waals surface area (Å²) >= 11 is 0. The van der Waals surface area contributed by atoms with Crippen LogP contribution >= 0.6 is 0 Å². The van der Waals surface area contributed by atoms with E-state index in [1.165, 1.54) is 5.69 Å². The van der Waals surface area contributed by atoms with Crippen molar-refractivity contribution in [2.24, 2.45) is 7.05 Å². The minimum absolute atomic E-state index is 0.0713. The monoisotopic (exact) mass is 209 g/mol. The highest BCUT2D eigenvalue weighted by Crippen LogP contribution is 2.10. The Balaban J connectivity index is 1.77. The van der Waals surface area contributed by atoms with Gasteiger partial charge in [0.1, 0.15) is 0 Å². The van der Waals surface area contributed by atoms with Crippen molar-refractivity contribution < 1.29 is 5.11 Å². The zero-order valence-electron chi connectivity index (χ0n) is 9.26. The zero-order valence-corrected chi connectivity index (χ0v) is 9.26. The van der Waals surface area contributed by atoms with E-state index in [0.717, 1.165) is 38.9 Å². The summed E-state index contributed by atoms with van der Waals surface area (Å²) < 4.78 is 1.93. The normalized spacial score (nSPS) is 19.6. The number of hydrogen-bond donors (Lipinski definition) is 1. The van der Waals surface area contributed by atoms with Gasteiger partial charge in [-0.2, -0.15) is 5.10 Å². The van der Waals surface area contributed by atoms with Crippen LogP contribution in [-0.4, -0.2) is 45.5 Å². The highest BCUT2D eigenvalue weighted by molar-refractivity contribution is 5.00. The molecule has 1 fully saturated rings. The summed E-state index contributed by atoms with van der Waals surface area (Å²) in [5.74, 6) is 0. The molecule has 2 heterocycles. The second-order valence-electron chi connectivity index (χ2n) is 4.27. The number of aryl methyl sites for hydroxylation is 1. The molecule has 0 atom stereocenters. The number of likely N-dealkylation sites (tertiary alicyclic amines) is 1.